The van der Waals surface area contributed by atoms with Crippen LogP contribution in [0.15, 0.2) is 10.8 Å². The molecule has 84 valence electrons. The lowest BCUT2D eigenvalue weighted by Gasteiger charge is -2.14. The number of rotatable bonds is 5. The molecule has 0 aliphatic heterocycles. The first-order valence-corrected chi connectivity index (χ1v) is 5.83. The summed E-state index contributed by atoms with van der Waals surface area (Å²) in [5.41, 5.74) is 0. The quantitative estimate of drug-likeness (QED) is 0.896. The van der Waals surface area contributed by atoms with Gasteiger partial charge in [-0.15, -0.1) is 0 Å². The summed E-state index contributed by atoms with van der Waals surface area (Å²) >= 11 is 3.41. The van der Waals surface area contributed by atoms with Gasteiger partial charge in [0.05, 0.1) is 6.10 Å². The number of halogens is 1. The Morgan fingerprint density at radius 1 is 1.53 bits per heavy atom. The van der Waals surface area contributed by atoms with Crippen molar-refractivity contribution in [1.82, 2.24) is 9.97 Å². The molecule has 0 spiro atoms. The van der Waals surface area contributed by atoms with Gasteiger partial charge in [0.25, 0.3) is 0 Å². The summed E-state index contributed by atoms with van der Waals surface area (Å²) in [6.07, 6.45) is 3.78. The normalized spacial score (nSPS) is 12.3. The van der Waals surface area contributed by atoms with Crippen LogP contribution in [0.4, 0.5) is 5.82 Å². The number of anilines is 1. The first kappa shape index (κ1) is 12.2. The summed E-state index contributed by atoms with van der Waals surface area (Å²) in [5.74, 6) is 1.33. The third-order valence-electron chi connectivity index (χ3n) is 2.00. The molecular weight excluding hydrogens is 258 g/mol. The van der Waals surface area contributed by atoms with E-state index in [4.69, 9.17) is 4.74 Å². The molecule has 1 aromatic heterocycles. The summed E-state index contributed by atoms with van der Waals surface area (Å²) in [6, 6.07) is 0. The van der Waals surface area contributed by atoms with E-state index in [0.717, 1.165) is 23.1 Å². The molecule has 0 fully saturated rings. The van der Waals surface area contributed by atoms with Crippen molar-refractivity contribution in [2.24, 2.45) is 0 Å². The van der Waals surface area contributed by atoms with Gasteiger partial charge in [-0.2, -0.15) is 0 Å². The number of nitrogens with one attached hydrogen (secondary N) is 1. The second-order valence-electron chi connectivity index (χ2n) is 3.31. The molecule has 0 aromatic carbocycles. The Kier molecular flexibility index (Phi) is 4.81. The number of ether oxygens (including phenoxy) is 1. The molecule has 1 aromatic rings. The van der Waals surface area contributed by atoms with E-state index in [1.807, 2.05) is 14.0 Å². The van der Waals surface area contributed by atoms with Crippen molar-refractivity contribution < 1.29 is 4.74 Å². The van der Waals surface area contributed by atoms with Gasteiger partial charge in [0.1, 0.15) is 16.6 Å². The minimum Gasteiger partial charge on any atom is -0.474 e. The minimum absolute atomic E-state index is 0.172. The van der Waals surface area contributed by atoms with Crippen molar-refractivity contribution >= 4 is 21.7 Å². The highest BCUT2D eigenvalue weighted by Crippen LogP contribution is 2.28. The molecule has 1 rings (SSSR count). The molecule has 1 heterocycles. The van der Waals surface area contributed by atoms with Gasteiger partial charge in [0.15, 0.2) is 0 Å². The molecule has 0 amide bonds. The van der Waals surface area contributed by atoms with Crippen LogP contribution in [0, 0.1) is 0 Å². The summed E-state index contributed by atoms with van der Waals surface area (Å²) < 4.78 is 6.46. The third-order valence-corrected chi connectivity index (χ3v) is 2.72. The van der Waals surface area contributed by atoms with Crippen molar-refractivity contribution in [1.29, 1.82) is 0 Å². The topological polar surface area (TPSA) is 47.0 Å². The van der Waals surface area contributed by atoms with Gasteiger partial charge < -0.3 is 10.1 Å². The first-order valence-electron chi connectivity index (χ1n) is 5.04. The van der Waals surface area contributed by atoms with Crippen LogP contribution in [-0.2, 0) is 0 Å². The highest BCUT2D eigenvalue weighted by atomic mass is 79.9. The Balaban J connectivity index is 2.76. The van der Waals surface area contributed by atoms with Crippen LogP contribution in [0.1, 0.15) is 26.7 Å². The molecule has 0 radical (unpaired) electrons. The summed E-state index contributed by atoms with van der Waals surface area (Å²) in [5, 5.41) is 2.96. The highest BCUT2D eigenvalue weighted by molar-refractivity contribution is 9.10. The average Bonchev–Trinajstić information content (AvgIpc) is 2.21. The van der Waals surface area contributed by atoms with Crippen molar-refractivity contribution in [3.05, 3.63) is 10.8 Å². The smallest absolute Gasteiger partial charge is 0.233 e. The molecule has 15 heavy (non-hydrogen) atoms. The molecule has 1 unspecified atom stereocenters. The van der Waals surface area contributed by atoms with E-state index in [-0.39, 0.29) is 6.10 Å². The zero-order valence-electron chi connectivity index (χ0n) is 9.25. The highest BCUT2D eigenvalue weighted by Gasteiger charge is 2.11. The van der Waals surface area contributed by atoms with Crippen LogP contribution in [-0.4, -0.2) is 23.1 Å². The fourth-order valence-electron chi connectivity index (χ4n) is 1.27. The van der Waals surface area contributed by atoms with Gasteiger partial charge >= 0.3 is 0 Å². The van der Waals surface area contributed by atoms with Crippen LogP contribution >= 0.6 is 15.9 Å². The number of nitrogens with zero attached hydrogens (tertiary/aromatic N) is 2. The maximum Gasteiger partial charge on any atom is 0.233 e. The van der Waals surface area contributed by atoms with Gasteiger partial charge in [-0.05, 0) is 29.3 Å². The number of aromatic nitrogens is 2. The van der Waals surface area contributed by atoms with Crippen LogP contribution in [0.5, 0.6) is 5.88 Å². The molecule has 0 aliphatic carbocycles. The molecule has 4 nitrogen and oxygen atoms in total. The summed E-state index contributed by atoms with van der Waals surface area (Å²) in [4.78, 5) is 8.15. The zero-order valence-corrected chi connectivity index (χ0v) is 10.8. The lowest BCUT2D eigenvalue weighted by Crippen LogP contribution is -2.13. The van der Waals surface area contributed by atoms with Gasteiger partial charge in [-0.3, -0.25) is 0 Å². The monoisotopic (exact) mass is 273 g/mol. The molecule has 0 saturated heterocycles. The largest absolute Gasteiger partial charge is 0.474 e. The van der Waals surface area contributed by atoms with Crippen LogP contribution in [0.25, 0.3) is 0 Å². The first-order chi connectivity index (χ1) is 7.19. The SMILES string of the molecule is CCCC(C)Oc1ncnc(NC)c1Br. The standard InChI is InChI=1S/C10H16BrN3O/c1-4-5-7(2)15-10-8(11)9(12-3)13-6-14-10/h6-7H,4-5H2,1-3H3,(H,12,13,14). The Morgan fingerprint density at radius 2 is 2.27 bits per heavy atom. The molecule has 5 heteroatoms. The van der Waals surface area contributed by atoms with Crippen molar-refractivity contribution in [2.45, 2.75) is 32.8 Å². The molecule has 1 N–H and O–H groups in total. The fourth-order valence-corrected chi connectivity index (χ4v) is 1.76. The van der Waals surface area contributed by atoms with E-state index in [1.54, 1.807) is 0 Å². The minimum atomic E-state index is 0.172. The maximum absolute atomic E-state index is 5.69. The molecule has 0 bridgehead atoms. The second-order valence-corrected chi connectivity index (χ2v) is 4.10. The van der Waals surface area contributed by atoms with Gasteiger partial charge in [0, 0.05) is 7.05 Å². The molecule has 0 aliphatic rings. The van der Waals surface area contributed by atoms with Crippen molar-refractivity contribution in [2.75, 3.05) is 12.4 Å². The Bertz CT molecular complexity index is 320. The number of hydrogen-bond donors (Lipinski definition) is 1. The van der Waals surface area contributed by atoms with E-state index in [1.165, 1.54) is 6.33 Å². The predicted octanol–water partition coefficient (Wildman–Crippen LogP) is 2.85. The second kappa shape index (κ2) is 5.90. The Labute approximate surface area is 98.6 Å². The predicted molar refractivity (Wildman–Crippen MR) is 64.3 cm³/mol. The summed E-state index contributed by atoms with van der Waals surface area (Å²) in [6.45, 7) is 4.17. The number of hydrogen-bond acceptors (Lipinski definition) is 4. The molecule has 0 saturated carbocycles. The van der Waals surface area contributed by atoms with Gasteiger partial charge in [-0.25, -0.2) is 9.97 Å². The van der Waals surface area contributed by atoms with Crippen LogP contribution in [0.3, 0.4) is 0 Å². The lowest BCUT2D eigenvalue weighted by molar-refractivity contribution is 0.200. The lowest BCUT2D eigenvalue weighted by atomic mass is 10.2. The van der Waals surface area contributed by atoms with E-state index in [2.05, 4.69) is 38.1 Å². The third kappa shape index (κ3) is 3.34. The van der Waals surface area contributed by atoms with Crippen LogP contribution in [0.2, 0.25) is 0 Å². The van der Waals surface area contributed by atoms with Crippen LogP contribution < -0.4 is 10.1 Å². The van der Waals surface area contributed by atoms with E-state index < -0.39 is 0 Å². The van der Waals surface area contributed by atoms with Crippen molar-refractivity contribution in [3.8, 4) is 5.88 Å². The average molecular weight is 274 g/mol. The van der Waals surface area contributed by atoms with E-state index in [9.17, 15) is 0 Å². The van der Waals surface area contributed by atoms with Crippen molar-refractivity contribution in [3.63, 3.8) is 0 Å². The van der Waals surface area contributed by atoms with Gasteiger partial charge in [0.2, 0.25) is 5.88 Å². The van der Waals surface area contributed by atoms with E-state index >= 15 is 0 Å². The molecular formula is C10H16BrN3O. The maximum atomic E-state index is 5.69. The summed E-state index contributed by atoms with van der Waals surface area (Å²) in [7, 11) is 1.81. The Morgan fingerprint density at radius 3 is 2.87 bits per heavy atom. The van der Waals surface area contributed by atoms with E-state index in [0.29, 0.717) is 5.88 Å². The molecule has 1 atom stereocenters. The fraction of sp³-hybridized carbons (Fsp3) is 0.600. The van der Waals surface area contributed by atoms with Gasteiger partial charge in [-0.1, -0.05) is 13.3 Å². The Hall–Kier alpha value is -0.840. The zero-order chi connectivity index (χ0) is 11.3.